The fourth-order valence-electron chi connectivity index (χ4n) is 2.21. The van der Waals surface area contributed by atoms with E-state index >= 15 is 0 Å². The zero-order valence-corrected chi connectivity index (χ0v) is 11.2. The van der Waals surface area contributed by atoms with Crippen molar-refractivity contribution < 1.29 is 0 Å². The lowest BCUT2D eigenvalue weighted by Gasteiger charge is -2.41. The second-order valence-electron chi connectivity index (χ2n) is 4.71. The number of alkyl halides is 1. The highest BCUT2D eigenvalue weighted by molar-refractivity contribution is 7.18. The van der Waals surface area contributed by atoms with Crippen LogP contribution in [0.15, 0.2) is 11.7 Å². The highest BCUT2D eigenvalue weighted by atomic mass is 35.5. The van der Waals surface area contributed by atoms with Crippen LogP contribution in [-0.4, -0.2) is 21.4 Å². The molecule has 17 heavy (non-hydrogen) atoms. The summed E-state index contributed by atoms with van der Waals surface area (Å²) in [7, 11) is 0. The van der Waals surface area contributed by atoms with Crippen molar-refractivity contribution in [3.05, 3.63) is 17.3 Å². The van der Waals surface area contributed by atoms with Crippen molar-refractivity contribution in [3.8, 4) is 0 Å². The van der Waals surface area contributed by atoms with E-state index in [1.54, 1.807) is 17.7 Å². The molecule has 0 radical (unpaired) electrons. The molecule has 2 aromatic heterocycles. The molecule has 0 bridgehead atoms. The van der Waals surface area contributed by atoms with Crippen LogP contribution in [0.4, 0.5) is 5.82 Å². The predicted molar refractivity (Wildman–Crippen MR) is 73.1 cm³/mol. The first-order valence-electron chi connectivity index (χ1n) is 5.77. The molecule has 3 rings (SSSR count). The monoisotopic (exact) mass is 267 g/mol. The van der Waals surface area contributed by atoms with E-state index in [0.29, 0.717) is 5.88 Å². The average Bonchev–Trinajstić information content (AvgIpc) is 2.67. The molecule has 0 atom stereocenters. The molecule has 0 spiro atoms. The Bertz CT molecular complexity index is 542. The SMILES string of the molecule is Cc1csc2c(NC3(CCl)CCC3)ncnc12. The Morgan fingerprint density at radius 3 is 2.94 bits per heavy atom. The van der Waals surface area contributed by atoms with Crippen molar-refractivity contribution >= 4 is 39.0 Å². The normalized spacial score (nSPS) is 18.0. The van der Waals surface area contributed by atoms with Crippen molar-refractivity contribution in [2.24, 2.45) is 0 Å². The zero-order valence-electron chi connectivity index (χ0n) is 9.66. The van der Waals surface area contributed by atoms with Gasteiger partial charge < -0.3 is 5.32 Å². The molecule has 3 nitrogen and oxygen atoms in total. The number of halogens is 1. The van der Waals surface area contributed by atoms with Gasteiger partial charge in [0.1, 0.15) is 12.1 Å². The molecule has 1 fully saturated rings. The van der Waals surface area contributed by atoms with E-state index in [-0.39, 0.29) is 5.54 Å². The Morgan fingerprint density at radius 2 is 2.29 bits per heavy atom. The maximum Gasteiger partial charge on any atom is 0.147 e. The first-order chi connectivity index (χ1) is 8.24. The lowest BCUT2D eigenvalue weighted by Crippen LogP contribution is -2.47. The highest BCUT2D eigenvalue weighted by Crippen LogP contribution is 2.38. The van der Waals surface area contributed by atoms with Crippen molar-refractivity contribution in [3.63, 3.8) is 0 Å². The Balaban J connectivity index is 2.00. The van der Waals surface area contributed by atoms with Gasteiger partial charge in [-0.15, -0.1) is 22.9 Å². The van der Waals surface area contributed by atoms with Crippen molar-refractivity contribution in [2.75, 3.05) is 11.2 Å². The van der Waals surface area contributed by atoms with Gasteiger partial charge in [0.05, 0.1) is 15.8 Å². The van der Waals surface area contributed by atoms with E-state index in [0.717, 1.165) is 28.9 Å². The summed E-state index contributed by atoms with van der Waals surface area (Å²) in [6.07, 6.45) is 5.14. The number of anilines is 1. The van der Waals surface area contributed by atoms with Gasteiger partial charge in [0.25, 0.3) is 0 Å². The number of thiophene rings is 1. The maximum absolute atomic E-state index is 6.06. The van der Waals surface area contributed by atoms with E-state index in [2.05, 4.69) is 27.6 Å². The molecule has 0 aliphatic heterocycles. The van der Waals surface area contributed by atoms with Gasteiger partial charge in [-0.25, -0.2) is 9.97 Å². The number of hydrogen-bond acceptors (Lipinski definition) is 4. The molecule has 0 unspecified atom stereocenters. The second-order valence-corrected chi connectivity index (χ2v) is 5.86. The van der Waals surface area contributed by atoms with Gasteiger partial charge in [-0.2, -0.15) is 0 Å². The number of aryl methyl sites for hydroxylation is 1. The third-order valence-corrected chi connectivity index (χ3v) is 5.09. The molecule has 1 aliphatic rings. The van der Waals surface area contributed by atoms with E-state index in [1.807, 2.05) is 0 Å². The van der Waals surface area contributed by atoms with Crippen LogP contribution in [0.2, 0.25) is 0 Å². The topological polar surface area (TPSA) is 37.8 Å². The number of hydrogen-bond donors (Lipinski definition) is 1. The van der Waals surface area contributed by atoms with Gasteiger partial charge in [0, 0.05) is 5.88 Å². The summed E-state index contributed by atoms with van der Waals surface area (Å²) in [4.78, 5) is 8.69. The number of rotatable bonds is 3. The van der Waals surface area contributed by atoms with Crippen LogP contribution in [-0.2, 0) is 0 Å². The fourth-order valence-corrected chi connectivity index (χ4v) is 3.49. The van der Waals surface area contributed by atoms with Crippen molar-refractivity contribution in [2.45, 2.75) is 31.7 Å². The van der Waals surface area contributed by atoms with Crippen LogP contribution in [0.5, 0.6) is 0 Å². The van der Waals surface area contributed by atoms with Gasteiger partial charge >= 0.3 is 0 Å². The molecule has 1 N–H and O–H groups in total. The van der Waals surface area contributed by atoms with E-state index in [4.69, 9.17) is 11.6 Å². The van der Waals surface area contributed by atoms with Crippen LogP contribution in [0.1, 0.15) is 24.8 Å². The van der Waals surface area contributed by atoms with Gasteiger partial charge in [-0.3, -0.25) is 0 Å². The molecule has 1 aliphatic carbocycles. The first kappa shape index (κ1) is 11.2. The summed E-state index contributed by atoms with van der Waals surface area (Å²) in [5, 5.41) is 5.65. The molecule has 2 aromatic rings. The number of fused-ring (bicyclic) bond motifs is 1. The Kier molecular flexibility index (Phi) is 2.71. The molecular formula is C12H14ClN3S. The molecule has 0 aromatic carbocycles. The lowest BCUT2D eigenvalue weighted by molar-refractivity contribution is 0.310. The molecule has 1 saturated carbocycles. The highest BCUT2D eigenvalue weighted by Gasteiger charge is 2.36. The first-order valence-corrected chi connectivity index (χ1v) is 7.18. The smallest absolute Gasteiger partial charge is 0.147 e. The Hall–Kier alpha value is -0.870. The second kappa shape index (κ2) is 4.10. The third-order valence-electron chi connectivity index (χ3n) is 3.48. The Labute approximate surface area is 109 Å². The minimum absolute atomic E-state index is 0.0563. The van der Waals surface area contributed by atoms with Crippen LogP contribution in [0.25, 0.3) is 10.2 Å². The molecule has 2 heterocycles. The molecular weight excluding hydrogens is 254 g/mol. The Morgan fingerprint density at radius 1 is 1.47 bits per heavy atom. The summed E-state index contributed by atoms with van der Waals surface area (Å²) in [5.74, 6) is 1.58. The van der Waals surface area contributed by atoms with Crippen LogP contribution < -0.4 is 5.32 Å². The summed E-state index contributed by atoms with van der Waals surface area (Å²) in [5.41, 5.74) is 2.32. The van der Waals surface area contributed by atoms with E-state index in [9.17, 15) is 0 Å². The largest absolute Gasteiger partial charge is 0.362 e. The van der Waals surface area contributed by atoms with Gasteiger partial charge in [0.15, 0.2) is 0 Å². The summed E-state index contributed by atoms with van der Waals surface area (Å²) >= 11 is 7.76. The van der Waals surface area contributed by atoms with Crippen molar-refractivity contribution in [1.82, 2.24) is 9.97 Å². The molecule has 0 amide bonds. The predicted octanol–water partition coefficient (Wildman–Crippen LogP) is 3.57. The van der Waals surface area contributed by atoms with Crippen LogP contribution >= 0.6 is 22.9 Å². The van der Waals surface area contributed by atoms with Gasteiger partial charge in [-0.05, 0) is 37.1 Å². The zero-order chi connectivity index (χ0) is 11.9. The van der Waals surface area contributed by atoms with Gasteiger partial charge in [0.2, 0.25) is 0 Å². The minimum atomic E-state index is 0.0563. The third kappa shape index (κ3) is 1.79. The summed E-state index contributed by atoms with van der Waals surface area (Å²) in [6.45, 7) is 2.08. The number of aromatic nitrogens is 2. The maximum atomic E-state index is 6.06. The summed E-state index contributed by atoms with van der Waals surface area (Å²) in [6, 6.07) is 0. The molecule has 5 heteroatoms. The minimum Gasteiger partial charge on any atom is -0.362 e. The number of nitrogens with zero attached hydrogens (tertiary/aromatic N) is 2. The fraction of sp³-hybridized carbons (Fsp3) is 0.500. The van der Waals surface area contributed by atoms with Crippen LogP contribution in [0.3, 0.4) is 0 Å². The quantitative estimate of drug-likeness (QED) is 0.864. The van der Waals surface area contributed by atoms with E-state index < -0.39 is 0 Å². The summed E-state index contributed by atoms with van der Waals surface area (Å²) < 4.78 is 1.14. The van der Waals surface area contributed by atoms with Gasteiger partial charge in [-0.1, -0.05) is 0 Å². The van der Waals surface area contributed by atoms with Crippen LogP contribution in [0, 0.1) is 6.92 Å². The average molecular weight is 268 g/mol. The number of nitrogens with one attached hydrogen (secondary N) is 1. The molecule has 0 saturated heterocycles. The lowest BCUT2D eigenvalue weighted by atomic mass is 9.78. The van der Waals surface area contributed by atoms with E-state index in [1.165, 1.54) is 12.0 Å². The molecule has 90 valence electrons. The standard InChI is InChI=1S/C12H14ClN3S/c1-8-5-17-10-9(8)14-7-15-11(10)16-12(6-13)3-2-4-12/h5,7H,2-4,6H2,1H3,(H,14,15,16). The van der Waals surface area contributed by atoms with Crippen molar-refractivity contribution in [1.29, 1.82) is 0 Å².